The average Bonchev–Trinajstić information content (AvgIpc) is 2.94. The van der Waals surface area contributed by atoms with Gasteiger partial charge in [-0.1, -0.05) is 18.7 Å². The first kappa shape index (κ1) is 13.2. The molecule has 2 aromatic rings. The monoisotopic (exact) mass is 348 g/mol. The fourth-order valence-corrected chi connectivity index (χ4v) is 4.10. The van der Waals surface area contributed by atoms with E-state index in [2.05, 4.69) is 25.3 Å². The molecule has 0 aliphatic carbocycles. The van der Waals surface area contributed by atoms with Crippen LogP contribution in [0.2, 0.25) is 0 Å². The Labute approximate surface area is 120 Å². The zero-order chi connectivity index (χ0) is 12.3. The van der Waals surface area contributed by atoms with Crippen molar-refractivity contribution in [2.24, 2.45) is 0 Å². The molecule has 0 atom stereocenters. The van der Waals surface area contributed by atoms with Crippen molar-refractivity contribution in [3.63, 3.8) is 0 Å². The molecule has 0 aliphatic rings. The first-order chi connectivity index (χ1) is 8.19. The minimum atomic E-state index is 0.138. The summed E-state index contributed by atoms with van der Waals surface area (Å²) in [4.78, 5) is 16.9. The van der Waals surface area contributed by atoms with Gasteiger partial charge in [-0.05, 0) is 39.6 Å². The largest absolute Gasteiger partial charge is 0.292 e. The van der Waals surface area contributed by atoms with Gasteiger partial charge in [0.15, 0.2) is 10.1 Å². The van der Waals surface area contributed by atoms with Gasteiger partial charge < -0.3 is 0 Å². The third-order valence-electron chi connectivity index (χ3n) is 1.94. The molecule has 0 spiro atoms. The van der Waals surface area contributed by atoms with E-state index in [0.29, 0.717) is 5.75 Å². The topological polar surface area (TPSA) is 42.9 Å². The molecule has 17 heavy (non-hydrogen) atoms. The molecule has 0 aliphatic heterocycles. The van der Waals surface area contributed by atoms with Crippen LogP contribution in [0.15, 0.2) is 20.3 Å². The fraction of sp³-hybridized carbons (Fsp3) is 0.300. The highest BCUT2D eigenvalue weighted by molar-refractivity contribution is 9.11. The number of thiophene rings is 1. The molecule has 0 saturated carbocycles. The molecular formula is C10H9BrN2OS3. The van der Waals surface area contributed by atoms with Crippen molar-refractivity contribution < 1.29 is 4.79 Å². The summed E-state index contributed by atoms with van der Waals surface area (Å²) in [7, 11) is 0. The minimum absolute atomic E-state index is 0.138. The van der Waals surface area contributed by atoms with Crippen LogP contribution in [-0.2, 0) is 6.42 Å². The van der Waals surface area contributed by atoms with Gasteiger partial charge in [-0.15, -0.1) is 11.3 Å². The van der Waals surface area contributed by atoms with Crippen molar-refractivity contribution in [1.29, 1.82) is 0 Å². The first-order valence-corrected chi connectivity index (χ1v) is 8.30. The van der Waals surface area contributed by atoms with Crippen LogP contribution in [0.5, 0.6) is 0 Å². The van der Waals surface area contributed by atoms with E-state index >= 15 is 0 Å². The van der Waals surface area contributed by atoms with E-state index in [-0.39, 0.29) is 5.78 Å². The maximum atomic E-state index is 11.8. The molecule has 7 heteroatoms. The predicted molar refractivity (Wildman–Crippen MR) is 76.4 cm³/mol. The number of ketones is 1. The smallest absolute Gasteiger partial charge is 0.183 e. The van der Waals surface area contributed by atoms with Crippen molar-refractivity contribution in [2.75, 3.05) is 5.75 Å². The lowest BCUT2D eigenvalue weighted by Crippen LogP contribution is -1.98. The highest BCUT2D eigenvalue weighted by atomic mass is 79.9. The van der Waals surface area contributed by atoms with E-state index in [1.807, 2.05) is 19.1 Å². The van der Waals surface area contributed by atoms with Gasteiger partial charge in [0.1, 0.15) is 5.82 Å². The molecule has 2 rings (SSSR count). The molecule has 0 saturated heterocycles. The second-order valence-corrected chi connectivity index (χ2v) is 7.58. The Balaban J connectivity index is 1.92. The number of hydrogen-bond acceptors (Lipinski definition) is 6. The van der Waals surface area contributed by atoms with Gasteiger partial charge in [0.2, 0.25) is 0 Å². The second kappa shape index (κ2) is 6.08. The maximum absolute atomic E-state index is 11.8. The summed E-state index contributed by atoms with van der Waals surface area (Å²) in [5, 5.41) is 0. The quantitative estimate of drug-likeness (QED) is 0.607. The number of rotatable bonds is 5. The summed E-state index contributed by atoms with van der Waals surface area (Å²) in [5.74, 6) is 1.41. The Morgan fingerprint density at radius 3 is 2.94 bits per heavy atom. The highest BCUT2D eigenvalue weighted by Crippen LogP contribution is 2.26. The van der Waals surface area contributed by atoms with Crippen LogP contribution in [-0.4, -0.2) is 20.9 Å². The number of carbonyl (C=O) groups is 1. The zero-order valence-corrected chi connectivity index (χ0v) is 13.0. The Morgan fingerprint density at radius 2 is 2.35 bits per heavy atom. The number of carbonyl (C=O) groups excluding carboxylic acids is 1. The van der Waals surface area contributed by atoms with Gasteiger partial charge in [-0.25, -0.2) is 4.98 Å². The molecule has 0 amide bonds. The van der Waals surface area contributed by atoms with Crippen LogP contribution < -0.4 is 0 Å². The van der Waals surface area contributed by atoms with Crippen molar-refractivity contribution in [1.82, 2.24) is 9.36 Å². The van der Waals surface area contributed by atoms with Gasteiger partial charge in [-0.2, -0.15) is 4.37 Å². The molecule has 2 heterocycles. The fourth-order valence-electron chi connectivity index (χ4n) is 1.10. The summed E-state index contributed by atoms with van der Waals surface area (Å²) >= 11 is 7.63. The molecule has 0 fully saturated rings. The molecule has 0 aromatic carbocycles. The first-order valence-electron chi connectivity index (χ1n) is 4.93. The predicted octanol–water partition coefficient (Wildman–Crippen LogP) is 3.90. The van der Waals surface area contributed by atoms with E-state index < -0.39 is 0 Å². The third-order valence-corrected chi connectivity index (χ3v) is 5.48. The zero-order valence-electron chi connectivity index (χ0n) is 8.97. The van der Waals surface area contributed by atoms with Crippen molar-refractivity contribution in [3.05, 3.63) is 26.6 Å². The summed E-state index contributed by atoms with van der Waals surface area (Å²) < 4.78 is 6.03. The number of Topliss-reactive ketones (excluding diaryl/α,β-unsaturated/α-hetero) is 1. The van der Waals surface area contributed by atoms with E-state index in [1.165, 1.54) is 34.6 Å². The van der Waals surface area contributed by atoms with Crippen LogP contribution in [0.4, 0.5) is 0 Å². The molecule has 90 valence electrons. The Hall–Kier alpha value is -0.240. The van der Waals surface area contributed by atoms with Gasteiger partial charge in [0.05, 0.1) is 14.4 Å². The normalized spacial score (nSPS) is 10.7. The molecule has 2 aromatic heterocycles. The number of aryl methyl sites for hydroxylation is 1. The average molecular weight is 349 g/mol. The third kappa shape index (κ3) is 3.61. The number of aromatic nitrogens is 2. The summed E-state index contributed by atoms with van der Waals surface area (Å²) in [6.45, 7) is 2.02. The Morgan fingerprint density at radius 1 is 1.53 bits per heavy atom. The lowest BCUT2D eigenvalue weighted by molar-refractivity contribution is 0.102. The maximum Gasteiger partial charge on any atom is 0.183 e. The van der Waals surface area contributed by atoms with Crippen molar-refractivity contribution in [2.45, 2.75) is 17.7 Å². The Bertz CT molecular complexity index is 523. The summed E-state index contributed by atoms with van der Waals surface area (Å²) in [5.41, 5.74) is 0. The molecule has 0 radical (unpaired) electrons. The van der Waals surface area contributed by atoms with Gasteiger partial charge >= 0.3 is 0 Å². The van der Waals surface area contributed by atoms with Crippen LogP contribution in [0.25, 0.3) is 0 Å². The lowest BCUT2D eigenvalue weighted by Gasteiger charge is -1.94. The van der Waals surface area contributed by atoms with Crippen LogP contribution in [0, 0.1) is 0 Å². The standard InChI is InChI=1S/C10H9BrN2OS3/c1-2-9-12-10(17-13-9)15-5-6(14)7-3-4-8(11)16-7/h3-4H,2,5H2,1H3. The van der Waals surface area contributed by atoms with Gasteiger partial charge in [-0.3, -0.25) is 4.79 Å². The molecule has 0 bridgehead atoms. The van der Waals surface area contributed by atoms with E-state index in [9.17, 15) is 4.79 Å². The number of hydrogen-bond donors (Lipinski definition) is 0. The number of halogens is 1. The Kier molecular flexibility index (Phi) is 4.72. The van der Waals surface area contributed by atoms with Crippen LogP contribution in [0.1, 0.15) is 22.4 Å². The minimum Gasteiger partial charge on any atom is -0.292 e. The van der Waals surface area contributed by atoms with E-state index in [1.54, 1.807) is 0 Å². The molecular weight excluding hydrogens is 340 g/mol. The number of thioether (sulfide) groups is 1. The van der Waals surface area contributed by atoms with Gasteiger partial charge in [0.25, 0.3) is 0 Å². The second-order valence-electron chi connectivity index (χ2n) is 3.15. The van der Waals surface area contributed by atoms with Crippen LogP contribution in [0.3, 0.4) is 0 Å². The molecule has 0 N–H and O–H groups in total. The molecule has 0 unspecified atom stereocenters. The van der Waals surface area contributed by atoms with E-state index in [4.69, 9.17) is 0 Å². The van der Waals surface area contributed by atoms with Crippen molar-refractivity contribution >= 4 is 56.3 Å². The SMILES string of the molecule is CCc1nsc(SCC(=O)c2ccc(Br)s2)n1. The molecule has 3 nitrogen and oxygen atoms in total. The summed E-state index contributed by atoms with van der Waals surface area (Å²) in [6, 6.07) is 3.73. The number of nitrogens with zero attached hydrogens (tertiary/aromatic N) is 2. The van der Waals surface area contributed by atoms with E-state index in [0.717, 1.165) is 25.2 Å². The lowest BCUT2D eigenvalue weighted by atomic mass is 10.4. The van der Waals surface area contributed by atoms with Crippen LogP contribution >= 0.6 is 50.6 Å². The summed E-state index contributed by atoms with van der Waals surface area (Å²) in [6.07, 6.45) is 0.836. The highest BCUT2D eigenvalue weighted by Gasteiger charge is 2.11. The van der Waals surface area contributed by atoms with Gasteiger partial charge in [0, 0.05) is 6.42 Å². The van der Waals surface area contributed by atoms with Crippen molar-refractivity contribution in [3.8, 4) is 0 Å².